The van der Waals surface area contributed by atoms with Crippen LogP contribution in [0.4, 0.5) is 0 Å². The summed E-state index contributed by atoms with van der Waals surface area (Å²) in [7, 11) is 0. The molecule has 4 aromatic rings. The van der Waals surface area contributed by atoms with Crippen LogP contribution in [0.5, 0.6) is 0 Å². The van der Waals surface area contributed by atoms with E-state index in [-0.39, 0.29) is 5.78 Å². The van der Waals surface area contributed by atoms with Crippen molar-refractivity contribution in [2.75, 3.05) is 0 Å². The molecule has 4 rings (SSSR count). The largest absolute Gasteiger partial charge is 0.451 e. The first-order chi connectivity index (χ1) is 14.9. The maximum Gasteiger partial charge on any atom is 0.339 e. The third kappa shape index (κ3) is 4.42. The molecule has 4 nitrogen and oxygen atoms in total. The second-order valence-electron chi connectivity index (χ2n) is 7.31. The van der Waals surface area contributed by atoms with Crippen LogP contribution < -0.4 is 0 Å². The summed E-state index contributed by atoms with van der Waals surface area (Å²) in [6.45, 7) is 3.55. The molecule has 0 radical (unpaired) electrons. The molecule has 31 heavy (non-hydrogen) atoms. The van der Waals surface area contributed by atoms with Gasteiger partial charge in [0.1, 0.15) is 0 Å². The molecule has 0 unspecified atom stereocenters. The monoisotopic (exact) mass is 473 g/mol. The number of carbonyl (C=O) groups excluding carboxylic acids is 2. The predicted molar refractivity (Wildman–Crippen MR) is 125 cm³/mol. The van der Waals surface area contributed by atoms with Crippen molar-refractivity contribution in [2.45, 2.75) is 20.0 Å². The fourth-order valence-corrected chi connectivity index (χ4v) is 3.71. The number of aryl methyl sites for hydroxylation is 1. The van der Waals surface area contributed by atoms with Gasteiger partial charge >= 0.3 is 5.97 Å². The Bertz CT molecular complexity index is 1270. The van der Waals surface area contributed by atoms with E-state index in [1.165, 1.54) is 0 Å². The fourth-order valence-electron chi connectivity index (χ4n) is 3.44. The molecule has 0 N–H and O–H groups in total. The lowest BCUT2D eigenvalue weighted by molar-refractivity contribution is 0.0320. The van der Waals surface area contributed by atoms with Gasteiger partial charge in [0.15, 0.2) is 6.10 Å². The van der Waals surface area contributed by atoms with Crippen molar-refractivity contribution in [3.63, 3.8) is 0 Å². The Morgan fingerprint density at radius 1 is 0.935 bits per heavy atom. The molecular weight excluding hydrogens is 454 g/mol. The highest BCUT2D eigenvalue weighted by atomic mass is 79.9. The van der Waals surface area contributed by atoms with E-state index in [1.807, 2.05) is 55.5 Å². The second-order valence-corrected chi connectivity index (χ2v) is 8.23. The molecule has 1 aromatic heterocycles. The van der Waals surface area contributed by atoms with Gasteiger partial charge in [-0.25, -0.2) is 9.78 Å². The number of pyridine rings is 1. The van der Waals surface area contributed by atoms with E-state index in [0.29, 0.717) is 22.2 Å². The third-order valence-corrected chi connectivity index (χ3v) is 5.64. The van der Waals surface area contributed by atoms with Crippen LogP contribution in [0, 0.1) is 6.92 Å². The highest BCUT2D eigenvalue weighted by Gasteiger charge is 2.23. The molecule has 0 amide bonds. The number of nitrogens with zero attached hydrogens (tertiary/aromatic N) is 1. The van der Waals surface area contributed by atoms with Crippen molar-refractivity contribution in [3.8, 4) is 11.3 Å². The number of benzene rings is 3. The lowest BCUT2D eigenvalue weighted by atomic mass is 10.0. The number of hydrogen-bond acceptors (Lipinski definition) is 4. The van der Waals surface area contributed by atoms with Crippen LogP contribution in [0.15, 0.2) is 83.3 Å². The van der Waals surface area contributed by atoms with E-state index in [1.54, 1.807) is 37.3 Å². The molecule has 0 fully saturated rings. The van der Waals surface area contributed by atoms with E-state index < -0.39 is 12.1 Å². The number of ether oxygens (including phenoxy) is 1. The summed E-state index contributed by atoms with van der Waals surface area (Å²) in [4.78, 5) is 30.6. The minimum atomic E-state index is -0.904. The Balaban J connectivity index is 1.73. The van der Waals surface area contributed by atoms with Crippen LogP contribution in [0.3, 0.4) is 0 Å². The van der Waals surface area contributed by atoms with Gasteiger partial charge < -0.3 is 4.74 Å². The minimum Gasteiger partial charge on any atom is -0.451 e. The molecular formula is C26H20BrNO3. The first-order valence-electron chi connectivity index (χ1n) is 9.90. The highest BCUT2D eigenvalue weighted by Crippen LogP contribution is 2.28. The van der Waals surface area contributed by atoms with Crippen LogP contribution in [0.1, 0.15) is 33.2 Å². The van der Waals surface area contributed by atoms with Gasteiger partial charge in [-0.15, -0.1) is 0 Å². The van der Waals surface area contributed by atoms with E-state index >= 15 is 0 Å². The van der Waals surface area contributed by atoms with Crippen LogP contribution >= 0.6 is 15.9 Å². The smallest absolute Gasteiger partial charge is 0.339 e. The molecule has 0 aliphatic heterocycles. The summed E-state index contributed by atoms with van der Waals surface area (Å²) in [5.41, 5.74) is 4.14. The molecule has 1 heterocycles. The molecule has 3 aromatic carbocycles. The fraction of sp³-hybridized carbons (Fsp3) is 0.115. The number of Topliss-reactive ketones (excluding diaryl/α,β-unsaturated/α-hetero) is 1. The van der Waals surface area contributed by atoms with Gasteiger partial charge in [0, 0.05) is 21.0 Å². The molecule has 0 spiro atoms. The standard InChI is InChI=1S/C26H20BrNO3/c1-16-7-6-10-21-22(15-23(28-24(16)21)18-11-13-20(27)14-12-18)26(30)31-17(2)25(29)19-8-4-3-5-9-19/h3-15,17H,1-2H3/t17-/m0/s1. The van der Waals surface area contributed by atoms with Crippen molar-refractivity contribution < 1.29 is 14.3 Å². The first kappa shape index (κ1) is 20.9. The average Bonchev–Trinajstić information content (AvgIpc) is 2.79. The summed E-state index contributed by atoms with van der Waals surface area (Å²) in [6, 6.07) is 24.0. The Labute approximate surface area is 189 Å². The van der Waals surface area contributed by atoms with Crippen molar-refractivity contribution in [3.05, 3.63) is 100 Å². The Kier molecular flexibility index (Phi) is 5.96. The van der Waals surface area contributed by atoms with Crippen molar-refractivity contribution in [1.82, 2.24) is 4.98 Å². The molecule has 0 aliphatic rings. The molecule has 0 aliphatic carbocycles. The molecule has 0 saturated carbocycles. The maximum atomic E-state index is 13.1. The zero-order valence-corrected chi connectivity index (χ0v) is 18.7. The number of hydrogen-bond donors (Lipinski definition) is 0. The van der Waals surface area contributed by atoms with Crippen molar-refractivity contribution in [2.24, 2.45) is 0 Å². The van der Waals surface area contributed by atoms with Gasteiger partial charge in [0.05, 0.1) is 16.8 Å². The zero-order valence-electron chi connectivity index (χ0n) is 17.1. The van der Waals surface area contributed by atoms with E-state index in [9.17, 15) is 9.59 Å². The molecule has 5 heteroatoms. The quantitative estimate of drug-likeness (QED) is 0.248. The number of ketones is 1. The van der Waals surface area contributed by atoms with E-state index in [2.05, 4.69) is 15.9 Å². The molecule has 1 atom stereocenters. The second kappa shape index (κ2) is 8.82. The topological polar surface area (TPSA) is 56.3 Å². The lowest BCUT2D eigenvalue weighted by Gasteiger charge is -2.15. The highest BCUT2D eigenvalue weighted by molar-refractivity contribution is 9.10. The summed E-state index contributed by atoms with van der Waals surface area (Å²) in [5.74, 6) is -0.787. The van der Waals surface area contributed by atoms with Gasteiger partial charge in [0.25, 0.3) is 0 Å². The number of rotatable bonds is 5. The Morgan fingerprint density at radius 2 is 1.65 bits per heavy atom. The Hall–Kier alpha value is -3.31. The summed E-state index contributed by atoms with van der Waals surface area (Å²) in [6.07, 6.45) is -0.904. The SMILES string of the molecule is Cc1cccc2c(C(=O)O[C@@H](C)C(=O)c3ccccc3)cc(-c3ccc(Br)cc3)nc12. The number of fused-ring (bicyclic) bond motifs is 1. The van der Waals surface area contributed by atoms with E-state index in [0.717, 1.165) is 21.1 Å². The number of aromatic nitrogens is 1. The third-order valence-electron chi connectivity index (χ3n) is 5.11. The number of halogens is 1. The van der Waals surface area contributed by atoms with Crippen LogP contribution in [0.2, 0.25) is 0 Å². The van der Waals surface area contributed by atoms with Gasteiger partial charge in [-0.3, -0.25) is 4.79 Å². The normalized spacial score (nSPS) is 11.8. The van der Waals surface area contributed by atoms with Crippen molar-refractivity contribution >= 4 is 38.6 Å². The first-order valence-corrected chi connectivity index (χ1v) is 10.7. The number of carbonyl (C=O) groups is 2. The predicted octanol–water partition coefficient (Wildman–Crippen LogP) is 6.40. The van der Waals surface area contributed by atoms with Gasteiger partial charge in [-0.1, -0.05) is 76.6 Å². The average molecular weight is 474 g/mol. The molecule has 154 valence electrons. The van der Waals surface area contributed by atoms with E-state index in [4.69, 9.17) is 9.72 Å². The van der Waals surface area contributed by atoms with Gasteiger partial charge in [-0.2, -0.15) is 0 Å². The van der Waals surface area contributed by atoms with Crippen LogP contribution in [-0.4, -0.2) is 22.8 Å². The molecule has 0 saturated heterocycles. The van der Waals surface area contributed by atoms with Crippen molar-refractivity contribution in [1.29, 1.82) is 0 Å². The number of para-hydroxylation sites is 1. The number of esters is 1. The lowest BCUT2D eigenvalue weighted by Crippen LogP contribution is -2.24. The Morgan fingerprint density at radius 3 is 2.35 bits per heavy atom. The van der Waals surface area contributed by atoms with Gasteiger partial charge in [0.2, 0.25) is 5.78 Å². The summed E-state index contributed by atoms with van der Waals surface area (Å²) < 4.78 is 6.55. The van der Waals surface area contributed by atoms with Crippen LogP contribution in [0.25, 0.3) is 22.2 Å². The maximum absolute atomic E-state index is 13.1. The zero-order chi connectivity index (χ0) is 22.0. The van der Waals surface area contributed by atoms with Crippen LogP contribution in [-0.2, 0) is 4.74 Å². The molecule has 0 bridgehead atoms. The summed E-state index contributed by atoms with van der Waals surface area (Å²) >= 11 is 3.44. The summed E-state index contributed by atoms with van der Waals surface area (Å²) in [5, 5.41) is 0.699. The minimum absolute atomic E-state index is 0.239. The van der Waals surface area contributed by atoms with Gasteiger partial charge in [-0.05, 0) is 37.6 Å².